The molecule has 0 aliphatic heterocycles. The summed E-state index contributed by atoms with van der Waals surface area (Å²) in [5.41, 5.74) is 0. The molecule has 0 saturated carbocycles. The molecule has 0 aromatic rings. The van der Waals surface area contributed by atoms with Gasteiger partial charge in [0.1, 0.15) is 0 Å². The van der Waals surface area contributed by atoms with Crippen LogP contribution in [0.25, 0.3) is 0 Å². The Bertz CT molecular complexity index is 537. The normalized spacial score (nSPS) is 12.2. The van der Waals surface area contributed by atoms with Crippen molar-refractivity contribution in [1.29, 1.82) is 0 Å². The molecule has 0 unspecified atom stereocenters. The molecule has 20 heavy (non-hydrogen) atoms. The maximum Gasteiger partial charge on any atom is 3.00 e. The smallest absolute Gasteiger partial charge is 0.725 e. The van der Waals surface area contributed by atoms with Gasteiger partial charge >= 0.3 is 68.7 Å². The van der Waals surface area contributed by atoms with Gasteiger partial charge in [-0.05, 0) is 0 Å². The first-order chi connectivity index (χ1) is 7.41. The number of hydrogen-bond donors (Lipinski definition) is 0. The Balaban J connectivity index is -0.000000116. The van der Waals surface area contributed by atoms with Crippen molar-refractivity contribution < 1.29 is 128 Å². The standard InChI is InChI=1S/Cr.K.2H2O7S2/c;;2*1-8(2,3)7-9(4,5)6/h;;2*(H,1,2,3)(H,4,5,6)/q+3;+1;;/p-4. The Morgan fingerprint density at radius 3 is 0.600 bits per heavy atom. The van der Waals surface area contributed by atoms with E-state index in [1.54, 1.807) is 0 Å². The fraction of sp³-hybridized carbons (Fsp3) is 0. The van der Waals surface area contributed by atoms with E-state index in [1.165, 1.54) is 0 Å². The maximum absolute atomic E-state index is 9.29. The molecule has 0 spiro atoms. The van der Waals surface area contributed by atoms with E-state index < -0.39 is 41.6 Å². The van der Waals surface area contributed by atoms with Crippen LogP contribution in [0, 0.1) is 0 Å². The molecular formula is CrKO14S4. The van der Waals surface area contributed by atoms with Gasteiger partial charge in [0.05, 0.1) is 0 Å². The summed E-state index contributed by atoms with van der Waals surface area (Å²) in [5.74, 6) is 0. The molecule has 0 N–H and O–H groups in total. The van der Waals surface area contributed by atoms with Gasteiger partial charge < -0.3 is 18.2 Å². The van der Waals surface area contributed by atoms with E-state index in [2.05, 4.69) is 7.26 Å². The van der Waals surface area contributed by atoms with Gasteiger partial charge in [-0.25, -0.2) is 33.7 Å². The Labute approximate surface area is 167 Å². The fourth-order valence-corrected chi connectivity index (χ4v) is 1.84. The summed E-state index contributed by atoms with van der Waals surface area (Å²) < 4.78 is 116. The predicted octanol–water partition coefficient (Wildman–Crippen LogP) is -7.15. The van der Waals surface area contributed by atoms with Crippen LogP contribution in [0.3, 0.4) is 0 Å². The minimum atomic E-state index is -5.43. The molecule has 0 aliphatic carbocycles. The number of hydrogen-bond acceptors (Lipinski definition) is 14. The molecule has 0 rings (SSSR count). The molecule has 0 aromatic carbocycles. The minimum Gasteiger partial charge on any atom is -0.725 e. The second-order valence-corrected chi connectivity index (χ2v) is 6.12. The summed E-state index contributed by atoms with van der Waals surface area (Å²) in [5, 5.41) is 0. The van der Waals surface area contributed by atoms with E-state index in [0.717, 1.165) is 0 Å². The van der Waals surface area contributed by atoms with Crippen LogP contribution < -0.4 is 51.4 Å². The van der Waals surface area contributed by atoms with Crippen LogP contribution in [-0.4, -0.2) is 51.9 Å². The van der Waals surface area contributed by atoms with Gasteiger partial charge in [0.2, 0.25) is 41.6 Å². The third-order valence-corrected chi connectivity index (χ3v) is 3.00. The Morgan fingerprint density at radius 2 is 0.600 bits per heavy atom. The molecule has 14 nitrogen and oxygen atoms in total. The minimum absolute atomic E-state index is 0. The number of rotatable bonds is 4. The molecule has 115 valence electrons. The van der Waals surface area contributed by atoms with E-state index in [-0.39, 0.29) is 68.7 Å². The summed E-state index contributed by atoms with van der Waals surface area (Å²) >= 11 is 0. The second kappa shape index (κ2) is 10.5. The molecule has 0 fully saturated rings. The summed E-state index contributed by atoms with van der Waals surface area (Å²) in [6, 6.07) is 0. The molecule has 20 heteroatoms. The van der Waals surface area contributed by atoms with Crippen LogP contribution in [0.15, 0.2) is 0 Å². The van der Waals surface area contributed by atoms with Crippen LogP contribution in [0.5, 0.6) is 0 Å². The molecule has 0 atom stereocenters. The monoisotopic (exact) mass is 443 g/mol. The quantitative estimate of drug-likeness (QED) is 0.222. The first-order valence-corrected chi connectivity index (χ1v) is 8.00. The SMILES string of the molecule is O=S(=O)([O-])OS(=O)(=O)[O-].O=S(=O)([O-])OS(=O)(=O)[O-].[Cr+3].[K+]. The zero-order valence-corrected chi connectivity index (χ0v) is 16.4. The largest absolute Gasteiger partial charge is 3.00 e. The van der Waals surface area contributed by atoms with Gasteiger partial charge in [-0.2, -0.15) is 7.26 Å². The first-order valence-electron chi connectivity index (χ1n) is 2.67. The Hall–Kier alpha value is 1.73. The van der Waals surface area contributed by atoms with Crippen molar-refractivity contribution in [3.05, 3.63) is 0 Å². The van der Waals surface area contributed by atoms with Gasteiger partial charge in [0.25, 0.3) is 0 Å². The van der Waals surface area contributed by atoms with Gasteiger partial charge in [0, 0.05) is 0 Å². The van der Waals surface area contributed by atoms with E-state index in [9.17, 15) is 51.9 Å². The first kappa shape index (κ1) is 29.7. The summed E-state index contributed by atoms with van der Waals surface area (Å²) in [7, 11) is -21.7. The van der Waals surface area contributed by atoms with Crippen LogP contribution >= 0.6 is 0 Å². The maximum atomic E-state index is 9.29. The third-order valence-electron chi connectivity index (χ3n) is 0.333. The van der Waals surface area contributed by atoms with E-state index in [1.807, 2.05) is 0 Å². The topological polar surface area (TPSA) is 247 Å². The van der Waals surface area contributed by atoms with Gasteiger partial charge in [-0.3, -0.25) is 0 Å². The van der Waals surface area contributed by atoms with Crippen LogP contribution in [-0.2, 0) is 66.2 Å². The average molecular weight is 443 g/mol. The summed E-state index contributed by atoms with van der Waals surface area (Å²) in [6.07, 6.45) is 0. The van der Waals surface area contributed by atoms with Crippen molar-refractivity contribution in [1.82, 2.24) is 0 Å². The molecule has 0 heterocycles. The molecule has 0 bridgehead atoms. The van der Waals surface area contributed by atoms with Crippen LogP contribution in [0.2, 0.25) is 0 Å². The third kappa shape index (κ3) is 36.7. The van der Waals surface area contributed by atoms with Gasteiger partial charge in [-0.1, -0.05) is 0 Å². The molecule has 1 radical (unpaired) electrons. The van der Waals surface area contributed by atoms with Gasteiger partial charge in [-0.15, -0.1) is 0 Å². The van der Waals surface area contributed by atoms with Crippen LogP contribution in [0.4, 0.5) is 0 Å². The predicted molar refractivity (Wildman–Crippen MR) is 41.0 cm³/mol. The van der Waals surface area contributed by atoms with Crippen molar-refractivity contribution >= 4 is 41.6 Å². The van der Waals surface area contributed by atoms with Crippen molar-refractivity contribution in [3.63, 3.8) is 0 Å². The van der Waals surface area contributed by atoms with E-state index in [4.69, 9.17) is 0 Å². The van der Waals surface area contributed by atoms with Crippen LogP contribution in [0.1, 0.15) is 0 Å². The van der Waals surface area contributed by atoms with Crippen molar-refractivity contribution in [2.75, 3.05) is 0 Å². The van der Waals surface area contributed by atoms with Crippen molar-refractivity contribution in [2.45, 2.75) is 0 Å². The van der Waals surface area contributed by atoms with Crippen molar-refractivity contribution in [2.24, 2.45) is 0 Å². The average Bonchev–Trinajstić information content (AvgIpc) is 1.64. The van der Waals surface area contributed by atoms with Crippen molar-refractivity contribution in [3.8, 4) is 0 Å². The second-order valence-electron chi connectivity index (χ2n) is 1.77. The molecular weight excluding hydrogens is 443 g/mol. The molecule has 0 aliphatic rings. The molecule has 0 saturated heterocycles. The molecule has 0 aromatic heterocycles. The Morgan fingerprint density at radius 1 is 0.500 bits per heavy atom. The van der Waals surface area contributed by atoms with E-state index >= 15 is 0 Å². The Kier molecular flexibility index (Phi) is 15.6. The summed E-state index contributed by atoms with van der Waals surface area (Å²) in [4.78, 5) is 0. The van der Waals surface area contributed by atoms with Gasteiger partial charge in [0.15, 0.2) is 0 Å². The summed E-state index contributed by atoms with van der Waals surface area (Å²) in [6.45, 7) is 0. The fourth-order valence-electron chi connectivity index (χ4n) is 0.204. The zero-order chi connectivity index (χ0) is 15.4. The van der Waals surface area contributed by atoms with E-state index in [0.29, 0.717) is 0 Å². The zero-order valence-electron chi connectivity index (χ0n) is 8.76. The molecule has 0 amide bonds.